The van der Waals surface area contributed by atoms with Crippen molar-refractivity contribution in [2.45, 2.75) is 34.6 Å². The molecule has 0 aromatic heterocycles. The zero-order chi connectivity index (χ0) is 16.8. The largest absolute Gasteiger partial charge is 0.273 e. The van der Waals surface area contributed by atoms with E-state index in [1.807, 2.05) is 76.3 Å². The summed E-state index contributed by atoms with van der Waals surface area (Å²) >= 11 is 0. The maximum Gasteiger partial charge on any atom is 0.248 e. The van der Waals surface area contributed by atoms with Gasteiger partial charge in [-0.1, -0.05) is 54.7 Å². The standard InChI is InChI=1S/C19H25NO2/c1-6-11-18(12-7-2)16(21)20(15-10-5)17(22)19(18,13-8-3)14-9-4/h6-15H,1-5H3/b11-6-,12-7-,13-8-,14-9-,15-10-. The van der Waals surface area contributed by atoms with E-state index in [9.17, 15) is 9.59 Å². The lowest BCUT2D eigenvalue weighted by Gasteiger charge is -2.33. The number of hydrogen-bond acceptors (Lipinski definition) is 2. The summed E-state index contributed by atoms with van der Waals surface area (Å²) < 4.78 is 0. The zero-order valence-corrected chi connectivity index (χ0v) is 14.0. The van der Waals surface area contributed by atoms with Gasteiger partial charge in [-0.25, -0.2) is 0 Å². The number of allylic oxidation sites excluding steroid dienone is 5. The second kappa shape index (κ2) is 7.21. The van der Waals surface area contributed by atoms with Gasteiger partial charge >= 0.3 is 0 Å². The van der Waals surface area contributed by atoms with Gasteiger partial charge in [0.05, 0.1) is 0 Å². The van der Waals surface area contributed by atoms with Gasteiger partial charge in [0.15, 0.2) is 0 Å². The van der Waals surface area contributed by atoms with Gasteiger partial charge < -0.3 is 0 Å². The Labute approximate surface area is 133 Å². The monoisotopic (exact) mass is 299 g/mol. The number of rotatable bonds is 5. The molecule has 118 valence electrons. The fourth-order valence-electron chi connectivity index (χ4n) is 3.13. The molecule has 0 aromatic carbocycles. The van der Waals surface area contributed by atoms with E-state index in [4.69, 9.17) is 0 Å². The van der Waals surface area contributed by atoms with Crippen LogP contribution in [0.5, 0.6) is 0 Å². The Morgan fingerprint density at radius 3 is 1.18 bits per heavy atom. The van der Waals surface area contributed by atoms with Crippen LogP contribution >= 0.6 is 0 Å². The highest BCUT2D eigenvalue weighted by atomic mass is 16.2. The van der Waals surface area contributed by atoms with Crippen molar-refractivity contribution < 1.29 is 9.59 Å². The van der Waals surface area contributed by atoms with Crippen LogP contribution in [0.15, 0.2) is 60.9 Å². The van der Waals surface area contributed by atoms with Crippen LogP contribution in [0.2, 0.25) is 0 Å². The first-order chi connectivity index (χ1) is 10.5. The summed E-state index contributed by atoms with van der Waals surface area (Å²) in [4.78, 5) is 27.3. The van der Waals surface area contributed by atoms with Crippen LogP contribution in [0, 0.1) is 10.8 Å². The van der Waals surface area contributed by atoms with Crippen molar-refractivity contribution in [3.05, 3.63) is 60.9 Å². The Morgan fingerprint density at radius 1 is 0.636 bits per heavy atom. The summed E-state index contributed by atoms with van der Waals surface area (Å²) in [5, 5.41) is 0. The van der Waals surface area contributed by atoms with Gasteiger partial charge in [-0.2, -0.15) is 0 Å². The van der Waals surface area contributed by atoms with Gasteiger partial charge in [-0.3, -0.25) is 14.5 Å². The number of imide groups is 1. The SMILES string of the molecule is C/C=C\N1C(=O)C(/C=C\C)(/C=C\C)C(/C=C\C)(/C=C\C)C1=O. The topological polar surface area (TPSA) is 37.4 Å². The number of nitrogens with zero attached hydrogens (tertiary/aromatic N) is 1. The van der Waals surface area contributed by atoms with E-state index in [2.05, 4.69) is 0 Å². The maximum atomic E-state index is 13.1. The molecule has 0 N–H and O–H groups in total. The highest BCUT2D eigenvalue weighted by molar-refractivity contribution is 6.14. The molecule has 0 bridgehead atoms. The minimum Gasteiger partial charge on any atom is -0.273 e. The highest BCUT2D eigenvalue weighted by Gasteiger charge is 2.64. The van der Waals surface area contributed by atoms with E-state index in [-0.39, 0.29) is 11.8 Å². The van der Waals surface area contributed by atoms with E-state index in [1.54, 1.807) is 19.2 Å². The van der Waals surface area contributed by atoms with Gasteiger partial charge in [-0.15, -0.1) is 0 Å². The predicted molar refractivity (Wildman–Crippen MR) is 90.8 cm³/mol. The minimum atomic E-state index is -1.04. The van der Waals surface area contributed by atoms with E-state index in [1.165, 1.54) is 4.90 Å². The van der Waals surface area contributed by atoms with Crippen LogP contribution in [0.4, 0.5) is 0 Å². The van der Waals surface area contributed by atoms with Crippen LogP contribution in [0.1, 0.15) is 34.6 Å². The smallest absolute Gasteiger partial charge is 0.248 e. The van der Waals surface area contributed by atoms with E-state index in [0.29, 0.717) is 0 Å². The quantitative estimate of drug-likeness (QED) is 0.564. The second-order valence-electron chi connectivity index (χ2n) is 5.20. The maximum absolute atomic E-state index is 13.1. The molecule has 22 heavy (non-hydrogen) atoms. The van der Waals surface area contributed by atoms with Crippen molar-refractivity contribution in [1.82, 2.24) is 4.90 Å². The molecule has 0 aliphatic carbocycles. The van der Waals surface area contributed by atoms with Gasteiger partial charge in [0, 0.05) is 6.20 Å². The Kier molecular flexibility index (Phi) is 5.86. The molecule has 1 fully saturated rings. The van der Waals surface area contributed by atoms with Crippen molar-refractivity contribution in [2.24, 2.45) is 10.8 Å². The second-order valence-corrected chi connectivity index (χ2v) is 5.20. The third-order valence-corrected chi connectivity index (χ3v) is 3.85. The van der Waals surface area contributed by atoms with E-state index in [0.717, 1.165) is 0 Å². The Balaban J connectivity index is 3.85. The van der Waals surface area contributed by atoms with Gasteiger partial charge in [0.1, 0.15) is 10.8 Å². The van der Waals surface area contributed by atoms with Crippen LogP contribution in [0.25, 0.3) is 0 Å². The average molecular weight is 299 g/mol. The lowest BCUT2D eigenvalue weighted by Crippen LogP contribution is -2.39. The molecule has 1 aliphatic heterocycles. The van der Waals surface area contributed by atoms with Crippen molar-refractivity contribution >= 4 is 11.8 Å². The van der Waals surface area contributed by atoms with E-state index >= 15 is 0 Å². The zero-order valence-electron chi connectivity index (χ0n) is 14.0. The summed E-state index contributed by atoms with van der Waals surface area (Å²) in [6, 6.07) is 0. The Hall–Kier alpha value is -2.16. The molecule has 0 atom stereocenters. The molecule has 1 aliphatic rings. The van der Waals surface area contributed by atoms with Crippen LogP contribution in [-0.4, -0.2) is 16.7 Å². The number of carbonyl (C=O) groups is 2. The normalized spacial score (nSPS) is 21.8. The average Bonchev–Trinajstić information content (AvgIpc) is 2.64. The van der Waals surface area contributed by atoms with Crippen molar-refractivity contribution in [2.75, 3.05) is 0 Å². The molecule has 0 saturated carbocycles. The van der Waals surface area contributed by atoms with Crippen LogP contribution in [0.3, 0.4) is 0 Å². The number of carbonyl (C=O) groups excluding carboxylic acids is 2. The summed E-state index contributed by atoms with van der Waals surface area (Å²) in [6.07, 6.45) is 17.8. The Bertz CT molecular complexity index is 506. The number of amides is 2. The summed E-state index contributed by atoms with van der Waals surface area (Å²) in [5.74, 6) is -0.467. The van der Waals surface area contributed by atoms with Gasteiger partial charge in [0.2, 0.25) is 11.8 Å². The summed E-state index contributed by atoms with van der Waals surface area (Å²) in [5.41, 5.74) is -2.07. The lowest BCUT2D eigenvalue weighted by molar-refractivity contribution is -0.137. The van der Waals surface area contributed by atoms with E-state index < -0.39 is 10.8 Å². The molecule has 2 amide bonds. The fourth-order valence-corrected chi connectivity index (χ4v) is 3.13. The molecule has 3 nitrogen and oxygen atoms in total. The molecular weight excluding hydrogens is 274 g/mol. The minimum absolute atomic E-state index is 0.233. The molecule has 0 spiro atoms. The molecule has 3 heteroatoms. The number of hydrogen-bond donors (Lipinski definition) is 0. The number of likely N-dealkylation sites (tertiary alicyclic amines) is 1. The van der Waals surface area contributed by atoms with Crippen LogP contribution < -0.4 is 0 Å². The first-order valence-corrected chi connectivity index (χ1v) is 7.57. The van der Waals surface area contributed by atoms with Crippen molar-refractivity contribution in [3.63, 3.8) is 0 Å². The first kappa shape index (κ1) is 17.9. The first-order valence-electron chi connectivity index (χ1n) is 7.57. The molecule has 0 unspecified atom stereocenters. The van der Waals surface area contributed by atoms with Gasteiger partial charge in [0.25, 0.3) is 0 Å². The molecule has 0 aromatic rings. The summed E-state index contributed by atoms with van der Waals surface area (Å²) in [6.45, 7) is 9.22. The molecule has 0 radical (unpaired) electrons. The Morgan fingerprint density at radius 2 is 0.955 bits per heavy atom. The highest BCUT2D eigenvalue weighted by Crippen LogP contribution is 2.53. The molecule has 1 saturated heterocycles. The lowest BCUT2D eigenvalue weighted by atomic mass is 9.63. The van der Waals surface area contributed by atoms with Crippen molar-refractivity contribution in [1.29, 1.82) is 0 Å². The predicted octanol–water partition coefficient (Wildman–Crippen LogP) is 4.17. The third kappa shape index (κ3) is 2.41. The third-order valence-electron chi connectivity index (χ3n) is 3.85. The van der Waals surface area contributed by atoms with Gasteiger partial charge in [-0.05, 0) is 34.6 Å². The summed E-state index contributed by atoms with van der Waals surface area (Å²) in [7, 11) is 0. The molecule has 1 heterocycles. The molecular formula is C19H25NO2. The van der Waals surface area contributed by atoms with Crippen LogP contribution in [-0.2, 0) is 9.59 Å². The molecule has 1 rings (SSSR count). The van der Waals surface area contributed by atoms with Crippen molar-refractivity contribution in [3.8, 4) is 0 Å². The fraction of sp³-hybridized carbons (Fsp3) is 0.368.